The Bertz CT molecular complexity index is 2140. The van der Waals surface area contributed by atoms with Crippen LogP contribution < -0.4 is 10.9 Å². The summed E-state index contributed by atoms with van der Waals surface area (Å²) < 4.78 is 34.9. The van der Waals surface area contributed by atoms with E-state index in [1.54, 1.807) is 59.0 Å². The summed E-state index contributed by atoms with van der Waals surface area (Å²) in [6.45, 7) is 0.626. The fourth-order valence-corrected chi connectivity index (χ4v) is 7.30. The Labute approximate surface area is 272 Å². The van der Waals surface area contributed by atoms with Gasteiger partial charge in [0.1, 0.15) is 12.4 Å². The molecule has 6 rings (SSSR count). The van der Waals surface area contributed by atoms with Gasteiger partial charge in [0.15, 0.2) is 6.29 Å². The number of para-hydroxylation sites is 1. The van der Waals surface area contributed by atoms with Crippen molar-refractivity contribution in [1.82, 2.24) is 28.7 Å². The summed E-state index contributed by atoms with van der Waals surface area (Å²) in [6, 6.07) is 14.8. The van der Waals surface area contributed by atoms with Crippen LogP contribution in [0.15, 0.2) is 64.3 Å². The third-order valence-electron chi connectivity index (χ3n) is 7.65. The molecule has 2 N–H and O–H groups in total. The molecule has 0 spiro atoms. The molecule has 0 bridgehead atoms. The van der Waals surface area contributed by atoms with Crippen LogP contribution in [0.1, 0.15) is 0 Å². The zero-order valence-electron chi connectivity index (χ0n) is 24.4. The number of halogens is 2. The first-order valence-corrected chi connectivity index (χ1v) is 16.3. The molecular weight excluding hydrogens is 657 g/mol. The number of nitrogens with zero attached hydrogens (tertiary/aromatic N) is 5. The van der Waals surface area contributed by atoms with Gasteiger partial charge in [-0.25, -0.2) is 18.4 Å². The molecule has 1 aliphatic heterocycles. The van der Waals surface area contributed by atoms with Crippen molar-refractivity contribution in [1.29, 1.82) is 0 Å². The van der Waals surface area contributed by atoms with Crippen LogP contribution in [0.2, 0.25) is 10.0 Å². The normalized spacial score (nSPS) is 14.5. The number of nitrogens with one attached hydrogen (secondary N) is 2. The number of anilines is 2. The molecule has 1 fully saturated rings. The highest BCUT2D eigenvalue weighted by Crippen LogP contribution is 2.34. The van der Waals surface area contributed by atoms with Gasteiger partial charge in [0, 0.05) is 38.8 Å². The molecule has 46 heavy (non-hydrogen) atoms. The van der Waals surface area contributed by atoms with Crippen molar-refractivity contribution in [3.8, 4) is 11.4 Å². The number of hydrogen-bond acceptors (Lipinski definition) is 10. The van der Waals surface area contributed by atoms with E-state index in [0.717, 1.165) is 0 Å². The fraction of sp³-hybridized carbons (Fsp3) is 0.233. The highest BCUT2D eigenvalue weighted by molar-refractivity contribution is 7.89. The molecule has 0 aliphatic carbocycles. The molecule has 2 aromatic heterocycles. The summed E-state index contributed by atoms with van der Waals surface area (Å²) in [6.07, 6.45) is 0.493. The number of sulfonamides is 1. The number of ether oxygens (including phenoxy) is 1. The minimum Gasteiger partial charge on any atom is -0.457 e. The Morgan fingerprint density at radius 2 is 1.72 bits per heavy atom. The minimum atomic E-state index is -3.89. The van der Waals surface area contributed by atoms with Crippen LogP contribution >= 0.6 is 23.2 Å². The largest absolute Gasteiger partial charge is 0.457 e. The molecule has 1 saturated heterocycles. The third kappa shape index (κ3) is 6.09. The van der Waals surface area contributed by atoms with E-state index in [0.29, 0.717) is 68.6 Å². The van der Waals surface area contributed by atoms with Gasteiger partial charge in [-0.15, -0.1) is 0 Å². The molecule has 3 aromatic carbocycles. The number of benzene rings is 3. The average molecular weight is 685 g/mol. The number of carbonyl (C=O) groups is 2. The summed E-state index contributed by atoms with van der Waals surface area (Å²) in [5, 5.41) is 4.28. The van der Waals surface area contributed by atoms with Crippen molar-refractivity contribution in [2.45, 2.75) is 4.90 Å². The molecule has 238 valence electrons. The van der Waals surface area contributed by atoms with Gasteiger partial charge in [0.05, 0.1) is 49.1 Å². The van der Waals surface area contributed by atoms with Gasteiger partial charge in [0.2, 0.25) is 16.0 Å². The highest BCUT2D eigenvalue weighted by Gasteiger charge is 2.30. The molecular formula is C30H27Cl2N7O6S. The van der Waals surface area contributed by atoms with Crippen LogP contribution in [0.4, 0.5) is 11.6 Å². The number of H-pyrrole nitrogens is 1. The van der Waals surface area contributed by atoms with Crippen molar-refractivity contribution in [3.05, 3.63) is 75.0 Å². The Morgan fingerprint density at radius 3 is 2.43 bits per heavy atom. The Hall–Kier alpha value is -4.34. The maximum absolute atomic E-state index is 13.5. The van der Waals surface area contributed by atoms with Gasteiger partial charge in [-0.2, -0.15) is 4.31 Å². The molecule has 1 aliphatic rings. The average Bonchev–Trinajstić information content (AvgIpc) is 3.36. The number of aromatic nitrogens is 4. The summed E-state index contributed by atoms with van der Waals surface area (Å²) in [7, 11) is -2.14. The predicted octanol–water partition coefficient (Wildman–Crippen LogP) is 3.58. The molecule has 0 radical (unpaired) electrons. The Balaban J connectivity index is 1.27. The summed E-state index contributed by atoms with van der Waals surface area (Å²) in [5.74, 6) is 0.0738. The molecule has 0 atom stereocenters. The first-order chi connectivity index (χ1) is 22.1. The van der Waals surface area contributed by atoms with Gasteiger partial charge in [0.25, 0.3) is 5.56 Å². The van der Waals surface area contributed by atoms with Gasteiger partial charge in [-0.1, -0.05) is 41.4 Å². The van der Waals surface area contributed by atoms with Crippen LogP contribution in [-0.2, 0) is 31.4 Å². The second-order valence-electron chi connectivity index (χ2n) is 10.5. The van der Waals surface area contributed by atoms with Crippen LogP contribution in [0.3, 0.4) is 0 Å². The van der Waals surface area contributed by atoms with E-state index in [-0.39, 0.29) is 37.0 Å². The van der Waals surface area contributed by atoms with E-state index in [4.69, 9.17) is 27.9 Å². The Kier molecular flexibility index (Phi) is 8.81. The number of aryl methyl sites for hydroxylation is 1. The Morgan fingerprint density at radius 1 is 1.02 bits per heavy atom. The molecule has 0 saturated carbocycles. The smallest absolute Gasteiger partial charge is 0.320 e. The molecule has 0 amide bonds. The van der Waals surface area contributed by atoms with Crippen LogP contribution in [0, 0.1) is 0 Å². The summed E-state index contributed by atoms with van der Waals surface area (Å²) in [5.41, 5.74) is 1.95. The number of fused-ring (bicyclic) bond motifs is 3. The lowest BCUT2D eigenvalue weighted by molar-refractivity contribution is -0.147. The van der Waals surface area contributed by atoms with Gasteiger partial charge >= 0.3 is 5.97 Å². The summed E-state index contributed by atoms with van der Waals surface area (Å²) in [4.78, 5) is 49.7. The van der Waals surface area contributed by atoms with Crippen molar-refractivity contribution in [3.63, 3.8) is 0 Å². The number of piperazine rings is 1. The standard InChI is InChI=1S/C30H27Cl2N7O6S/c1-37-27-23(34-30(37)35-26-20(31)6-3-7-21(26)32)9-8-22-25(27)29(42)36-28(33-22)18-4-2-5-19(16-18)46(43,44)39-12-10-38(11-13-39)17-24(41)45-15-14-40/h2-9,14,16H,10-13,15,17H2,1H3,(H,34,35)(H,33,36,42). The second kappa shape index (κ2) is 12.8. The quantitative estimate of drug-likeness (QED) is 0.174. The number of hydrogen-bond donors (Lipinski definition) is 2. The van der Waals surface area contributed by atoms with E-state index in [2.05, 4.69) is 20.3 Å². The number of carbonyl (C=O) groups excluding carboxylic acids is 2. The molecule has 3 heterocycles. The SMILES string of the molecule is Cn1c(Nc2c(Cl)cccc2Cl)nc2ccc3nc(-c4cccc(S(=O)(=O)N5CCN(CC(=O)OCC=O)CC5)c4)[nH]c(=O)c3c21. The fourth-order valence-electron chi connectivity index (χ4n) is 5.34. The number of aromatic amines is 1. The monoisotopic (exact) mass is 683 g/mol. The number of esters is 1. The van der Waals surface area contributed by atoms with Crippen LogP contribution in [-0.4, -0.2) is 88.7 Å². The van der Waals surface area contributed by atoms with Crippen LogP contribution in [0.5, 0.6) is 0 Å². The number of imidazole rings is 1. The maximum atomic E-state index is 13.5. The van der Waals surface area contributed by atoms with E-state index in [1.165, 1.54) is 16.4 Å². The van der Waals surface area contributed by atoms with Gasteiger partial charge in [-0.05, 0) is 36.4 Å². The summed E-state index contributed by atoms with van der Waals surface area (Å²) >= 11 is 12.7. The molecule has 0 unspecified atom stereocenters. The maximum Gasteiger partial charge on any atom is 0.320 e. The van der Waals surface area contributed by atoms with E-state index in [1.807, 2.05) is 0 Å². The highest BCUT2D eigenvalue weighted by atomic mass is 35.5. The minimum absolute atomic E-state index is 0.0309. The zero-order valence-corrected chi connectivity index (χ0v) is 26.7. The van der Waals surface area contributed by atoms with Crippen molar-refractivity contribution < 1.29 is 22.7 Å². The topological polar surface area (TPSA) is 160 Å². The molecule has 5 aromatic rings. The second-order valence-corrected chi connectivity index (χ2v) is 13.3. The van der Waals surface area contributed by atoms with Crippen molar-refractivity contribution >= 4 is 79.1 Å². The zero-order chi connectivity index (χ0) is 32.6. The van der Waals surface area contributed by atoms with Crippen molar-refractivity contribution in [2.24, 2.45) is 7.05 Å². The van der Waals surface area contributed by atoms with Gasteiger partial charge < -0.3 is 19.6 Å². The lowest BCUT2D eigenvalue weighted by Crippen LogP contribution is -2.50. The first kappa shape index (κ1) is 31.6. The van der Waals surface area contributed by atoms with E-state index < -0.39 is 21.6 Å². The van der Waals surface area contributed by atoms with E-state index in [9.17, 15) is 22.8 Å². The lowest BCUT2D eigenvalue weighted by Gasteiger charge is -2.33. The van der Waals surface area contributed by atoms with Gasteiger partial charge in [-0.3, -0.25) is 19.3 Å². The number of aldehydes is 1. The molecule has 16 heteroatoms. The van der Waals surface area contributed by atoms with Crippen molar-refractivity contribution in [2.75, 3.05) is 44.6 Å². The molecule has 13 nitrogen and oxygen atoms in total. The predicted molar refractivity (Wildman–Crippen MR) is 174 cm³/mol. The van der Waals surface area contributed by atoms with Crippen LogP contribution in [0.25, 0.3) is 33.3 Å². The lowest BCUT2D eigenvalue weighted by atomic mass is 10.1. The third-order valence-corrected chi connectivity index (χ3v) is 10.2. The first-order valence-electron chi connectivity index (χ1n) is 14.1. The van der Waals surface area contributed by atoms with E-state index >= 15 is 0 Å². The number of rotatable bonds is 9.